The molecule has 0 amide bonds. The minimum Gasteiger partial charge on any atom is -0.384 e. The second-order valence-corrected chi connectivity index (χ2v) is 5.09. The Kier molecular flexibility index (Phi) is 3.62. The zero-order chi connectivity index (χ0) is 13.1. The summed E-state index contributed by atoms with van der Waals surface area (Å²) in [4.78, 5) is 7.49. The molecule has 0 bridgehead atoms. The molecule has 0 aromatic carbocycles. The van der Waals surface area contributed by atoms with Gasteiger partial charge in [-0.3, -0.25) is 10.4 Å². The summed E-state index contributed by atoms with van der Waals surface area (Å²) in [5.41, 5.74) is 7.20. The van der Waals surface area contributed by atoms with Crippen molar-refractivity contribution in [2.24, 2.45) is 5.73 Å². The fourth-order valence-corrected chi connectivity index (χ4v) is 2.65. The zero-order valence-electron chi connectivity index (χ0n) is 10.4. The van der Waals surface area contributed by atoms with Crippen LogP contribution in [0.1, 0.15) is 23.4 Å². The number of pyridine rings is 1. The lowest BCUT2D eigenvalue weighted by Crippen LogP contribution is -2.25. The molecular weight excluding hydrogens is 244 g/mol. The second-order valence-electron chi connectivity index (χ2n) is 4.11. The summed E-state index contributed by atoms with van der Waals surface area (Å²) in [6.45, 7) is 2.13. The van der Waals surface area contributed by atoms with Crippen molar-refractivity contribution in [1.82, 2.24) is 4.98 Å². The fraction of sp³-hybridized carbons (Fsp3) is 0.231. The van der Waals surface area contributed by atoms with Crippen LogP contribution in [0.15, 0.2) is 36.0 Å². The first-order valence-electron chi connectivity index (χ1n) is 5.66. The first-order chi connectivity index (χ1) is 8.61. The number of rotatable bonds is 4. The Hall–Kier alpha value is -1.88. The smallest absolute Gasteiger partial charge is 0.125 e. The number of amidine groups is 1. The number of aromatic nitrogens is 1. The molecule has 0 fully saturated rings. The lowest BCUT2D eigenvalue weighted by molar-refractivity contribution is 0.751. The molecule has 18 heavy (non-hydrogen) atoms. The molecule has 0 aliphatic heterocycles. The van der Waals surface area contributed by atoms with Crippen LogP contribution in [0.2, 0.25) is 0 Å². The van der Waals surface area contributed by atoms with Crippen LogP contribution >= 0.6 is 11.3 Å². The maximum absolute atomic E-state index is 7.61. The van der Waals surface area contributed by atoms with E-state index in [4.69, 9.17) is 11.1 Å². The van der Waals surface area contributed by atoms with E-state index < -0.39 is 0 Å². The van der Waals surface area contributed by atoms with Crippen LogP contribution < -0.4 is 10.6 Å². The van der Waals surface area contributed by atoms with Crippen LogP contribution in [-0.4, -0.2) is 17.9 Å². The number of nitrogens with zero attached hydrogens (tertiary/aromatic N) is 2. The van der Waals surface area contributed by atoms with Crippen molar-refractivity contribution in [3.63, 3.8) is 0 Å². The number of thiophene rings is 1. The average molecular weight is 260 g/mol. The van der Waals surface area contributed by atoms with E-state index in [9.17, 15) is 0 Å². The molecule has 2 rings (SSSR count). The second kappa shape index (κ2) is 5.18. The van der Waals surface area contributed by atoms with E-state index in [1.807, 2.05) is 13.1 Å². The number of nitrogens with one attached hydrogen (secondary N) is 1. The number of anilines is 1. The number of nitrogens with two attached hydrogens (primary N) is 1. The van der Waals surface area contributed by atoms with Crippen molar-refractivity contribution in [2.45, 2.75) is 13.0 Å². The number of nitrogen functional groups attached to an aromatic ring is 1. The topological polar surface area (TPSA) is 66.0 Å². The van der Waals surface area contributed by atoms with Crippen LogP contribution in [-0.2, 0) is 0 Å². The molecule has 1 atom stereocenters. The van der Waals surface area contributed by atoms with Crippen molar-refractivity contribution < 1.29 is 0 Å². The summed E-state index contributed by atoms with van der Waals surface area (Å²) in [6.07, 6.45) is 3.41. The molecule has 2 aromatic heterocycles. The summed E-state index contributed by atoms with van der Waals surface area (Å²) in [5.74, 6) is 0.0672. The van der Waals surface area contributed by atoms with Crippen LogP contribution in [0.3, 0.4) is 0 Å². The van der Waals surface area contributed by atoms with Crippen molar-refractivity contribution in [3.8, 4) is 0 Å². The highest BCUT2D eigenvalue weighted by Crippen LogP contribution is 2.29. The van der Waals surface area contributed by atoms with Crippen molar-refractivity contribution >= 4 is 22.9 Å². The van der Waals surface area contributed by atoms with Gasteiger partial charge in [-0.1, -0.05) is 6.07 Å². The molecule has 0 saturated carbocycles. The van der Waals surface area contributed by atoms with E-state index in [0.717, 1.165) is 11.3 Å². The van der Waals surface area contributed by atoms with Gasteiger partial charge in [-0.15, -0.1) is 11.3 Å². The Morgan fingerprint density at radius 1 is 1.50 bits per heavy atom. The molecule has 3 N–H and O–H groups in total. The van der Waals surface area contributed by atoms with Gasteiger partial charge in [-0.25, -0.2) is 0 Å². The van der Waals surface area contributed by atoms with E-state index in [1.54, 1.807) is 29.8 Å². The Balaban J connectivity index is 2.34. The van der Waals surface area contributed by atoms with Crippen LogP contribution in [0.5, 0.6) is 0 Å². The van der Waals surface area contributed by atoms with E-state index in [0.29, 0.717) is 0 Å². The van der Waals surface area contributed by atoms with Crippen molar-refractivity contribution in [2.75, 3.05) is 11.9 Å². The van der Waals surface area contributed by atoms with Gasteiger partial charge in [0.1, 0.15) is 5.84 Å². The third-order valence-corrected chi connectivity index (χ3v) is 4.05. The summed E-state index contributed by atoms with van der Waals surface area (Å²) in [7, 11) is 1.99. The Bertz CT molecular complexity index is 536. The Labute approximate surface area is 111 Å². The molecule has 0 aliphatic rings. The predicted molar refractivity (Wildman–Crippen MR) is 76.4 cm³/mol. The minimum atomic E-state index is 0.0672. The molecule has 2 heterocycles. The van der Waals surface area contributed by atoms with Gasteiger partial charge in [0.05, 0.1) is 17.9 Å². The first kappa shape index (κ1) is 12.6. The van der Waals surface area contributed by atoms with E-state index in [1.165, 1.54) is 4.88 Å². The van der Waals surface area contributed by atoms with Gasteiger partial charge in [0.2, 0.25) is 0 Å². The standard InChI is InChI=1S/C13H16N4S/c1-9(12-4-3-7-18-12)17(2)11-8-16-6-5-10(11)13(14)15/h3-9H,1-2H3,(H3,14,15). The highest BCUT2D eigenvalue weighted by molar-refractivity contribution is 7.10. The van der Waals surface area contributed by atoms with Gasteiger partial charge in [-0.05, 0) is 24.4 Å². The van der Waals surface area contributed by atoms with Crippen LogP contribution in [0.4, 0.5) is 5.69 Å². The molecule has 0 radical (unpaired) electrons. The van der Waals surface area contributed by atoms with Gasteiger partial charge in [0.15, 0.2) is 0 Å². The third-order valence-electron chi connectivity index (χ3n) is 3.01. The summed E-state index contributed by atoms with van der Waals surface area (Å²) in [5, 5.41) is 9.68. The Morgan fingerprint density at radius 2 is 2.28 bits per heavy atom. The van der Waals surface area contributed by atoms with Gasteiger partial charge >= 0.3 is 0 Å². The molecule has 0 spiro atoms. The Morgan fingerprint density at radius 3 is 2.89 bits per heavy atom. The minimum absolute atomic E-state index is 0.0672. The van der Waals surface area contributed by atoms with Gasteiger partial charge in [0, 0.05) is 23.7 Å². The first-order valence-corrected chi connectivity index (χ1v) is 6.54. The molecular formula is C13H16N4S. The summed E-state index contributed by atoms with van der Waals surface area (Å²) < 4.78 is 0. The van der Waals surface area contributed by atoms with Crippen molar-refractivity contribution in [3.05, 3.63) is 46.4 Å². The normalized spacial score (nSPS) is 12.1. The zero-order valence-corrected chi connectivity index (χ0v) is 11.2. The molecule has 94 valence electrons. The molecule has 1 unspecified atom stereocenters. The van der Waals surface area contributed by atoms with E-state index >= 15 is 0 Å². The van der Waals surface area contributed by atoms with Crippen LogP contribution in [0, 0.1) is 5.41 Å². The number of hydrogen-bond donors (Lipinski definition) is 2. The highest BCUT2D eigenvalue weighted by Gasteiger charge is 2.17. The predicted octanol–water partition coefficient (Wildman–Crippen LogP) is 2.62. The maximum Gasteiger partial charge on any atom is 0.125 e. The average Bonchev–Trinajstić information content (AvgIpc) is 2.90. The molecule has 5 heteroatoms. The quantitative estimate of drug-likeness (QED) is 0.656. The molecule has 0 aliphatic carbocycles. The monoisotopic (exact) mass is 260 g/mol. The summed E-state index contributed by atoms with van der Waals surface area (Å²) in [6, 6.07) is 6.15. The lowest BCUT2D eigenvalue weighted by Gasteiger charge is -2.27. The van der Waals surface area contributed by atoms with Gasteiger partial charge < -0.3 is 10.6 Å². The molecule has 2 aromatic rings. The van der Waals surface area contributed by atoms with Crippen LogP contribution in [0.25, 0.3) is 0 Å². The molecule has 4 nitrogen and oxygen atoms in total. The third kappa shape index (κ3) is 2.36. The highest BCUT2D eigenvalue weighted by atomic mass is 32.1. The maximum atomic E-state index is 7.61. The SMILES string of the molecule is CC(c1cccs1)N(C)c1cnccc1C(=N)N. The largest absolute Gasteiger partial charge is 0.384 e. The van der Waals surface area contributed by atoms with Gasteiger partial charge in [0.25, 0.3) is 0 Å². The van der Waals surface area contributed by atoms with Crippen molar-refractivity contribution in [1.29, 1.82) is 5.41 Å². The number of hydrogen-bond acceptors (Lipinski definition) is 4. The van der Waals surface area contributed by atoms with Gasteiger partial charge in [-0.2, -0.15) is 0 Å². The fourth-order valence-electron chi connectivity index (χ4n) is 1.82. The molecule has 0 saturated heterocycles. The van der Waals surface area contributed by atoms with E-state index in [-0.39, 0.29) is 11.9 Å². The van der Waals surface area contributed by atoms with E-state index in [2.05, 4.69) is 28.3 Å². The lowest BCUT2D eigenvalue weighted by atomic mass is 10.1. The summed E-state index contributed by atoms with van der Waals surface area (Å²) >= 11 is 1.72.